The van der Waals surface area contributed by atoms with E-state index in [1.807, 2.05) is 45.0 Å². The lowest BCUT2D eigenvalue weighted by Gasteiger charge is -2.15. The number of benzene rings is 2. The fourth-order valence-corrected chi connectivity index (χ4v) is 2.37. The summed E-state index contributed by atoms with van der Waals surface area (Å²) in [4.78, 5) is 12.8. The molecule has 21 heavy (non-hydrogen) atoms. The van der Waals surface area contributed by atoms with Gasteiger partial charge < -0.3 is 10.5 Å². The molecule has 0 bridgehead atoms. The maximum Gasteiger partial charge on any atom is 0.198 e. The second-order valence-electron chi connectivity index (χ2n) is 5.22. The van der Waals surface area contributed by atoms with Gasteiger partial charge in [-0.1, -0.05) is 25.1 Å². The molecule has 0 radical (unpaired) electrons. The number of hydrogen-bond donors (Lipinski definition) is 1. The highest BCUT2D eigenvalue weighted by Gasteiger charge is 2.19. The van der Waals surface area contributed by atoms with E-state index in [1.54, 1.807) is 12.1 Å². The third-order valence-corrected chi connectivity index (χ3v) is 3.32. The Labute approximate surface area is 125 Å². The summed E-state index contributed by atoms with van der Waals surface area (Å²) in [6.07, 6.45) is 0.897. The van der Waals surface area contributed by atoms with Gasteiger partial charge in [-0.15, -0.1) is 0 Å². The maximum absolute atomic E-state index is 12.8. The molecule has 2 rings (SSSR count). The molecule has 0 spiro atoms. The molecule has 2 aromatic rings. The lowest BCUT2D eigenvalue weighted by atomic mass is 9.97. The van der Waals surface area contributed by atoms with Gasteiger partial charge in [0.05, 0.1) is 12.2 Å². The van der Waals surface area contributed by atoms with E-state index in [1.165, 1.54) is 0 Å². The van der Waals surface area contributed by atoms with Crippen molar-refractivity contribution in [3.05, 3.63) is 58.7 Å². The molecule has 0 unspecified atom stereocenters. The predicted octanol–water partition coefficient (Wildman–Crippen LogP) is 3.91. The second-order valence-corrected chi connectivity index (χ2v) is 5.22. The number of ether oxygens (including phenoxy) is 1. The molecule has 0 saturated carbocycles. The molecule has 2 aromatic carbocycles. The van der Waals surface area contributed by atoms with Crippen LogP contribution < -0.4 is 10.5 Å². The molecule has 0 heterocycles. The van der Waals surface area contributed by atoms with E-state index in [0.29, 0.717) is 29.2 Å². The van der Waals surface area contributed by atoms with Gasteiger partial charge in [0.25, 0.3) is 0 Å². The van der Waals surface area contributed by atoms with Crippen LogP contribution in [0.4, 0.5) is 5.69 Å². The zero-order valence-electron chi connectivity index (χ0n) is 12.8. The summed E-state index contributed by atoms with van der Waals surface area (Å²) in [5, 5.41) is 0. The lowest BCUT2D eigenvalue weighted by Crippen LogP contribution is -2.10. The van der Waals surface area contributed by atoms with Gasteiger partial charge in [-0.05, 0) is 49.6 Å². The number of rotatable bonds is 5. The molecule has 0 atom stereocenters. The molecule has 0 aliphatic carbocycles. The van der Waals surface area contributed by atoms with E-state index in [9.17, 15) is 4.79 Å². The summed E-state index contributed by atoms with van der Waals surface area (Å²) in [6, 6.07) is 11.0. The largest absolute Gasteiger partial charge is 0.493 e. The van der Waals surface area contributed by atoms with Gasteiger partial charge >= 0.3 is 0 Å². The average molecular weight is 283 g/mol. The molecule has 0 aliphatic rings. The third-order valence-electron chi connectivity index (χ3n) is 3.32. The Morgan fingerprint density at radius 2 is 1.86 bits per heavy atom. The summed E-state index contributed by atoms with van der Waals surface area (Å²) in [6.45, 7) is 6.57. The van der Waals surface area contributed by atoms with E-state index < -0.39 is 0 Å². The van der Waals surface area contributed by atoms with Crippen molar-refractivity contribution in [2.24, 2.45) is 0 Å². The van der Waals surface area contributed by atoms with E-state index >= 15 is 0 Å². The van der Waals surface area contributed by atoms with Crippen molar-refractivity contribution in [1.29, 1.82) is 0 Å². The Balaban J connectivity index is 2.51. The molecule has 110 valence electrons. The zero-order valence-corrected chi connectivity index (χ0v) is 12.8. The van der Waals surface area contributed by atoms with Gasteiger partial charge in [-0.2, -0.15) is 0 Å². The fraction of sp³-hybridized carbons (Fsp3) is 0.278. The van der Waals surface area contributed by atoms with Crippen molar-refractivity contribution in [2.75, 3.05) is 12.3 Å². The maximum atomic E-state index is 12.8. The number of carbonyl (C=O) groups is 1. The fourth-order valence-electron chi connectivity index (χ4n) is 2.37. The number of ketones is 1. The first kappa shape index (κ1) is 15.1. The molecule has 3 heteroatoms. The van der Waals surface area contributed by atoms with Crippen molar-refractivity contribution < 1.29 is 9.53 Å². The monoisotopic (exact) mass is 283 g/mol. The lowest BCUT2D eigenvalue weighted by molar-refractivity contribution is 0.103. The number of nitrogens with two attached hydrogens (primary N) is 1. The number of hydrogen-bond acceptors (Lipinski definition) is 3. The van der Waals surface area contributed by atoms with Crippen LogP contribution in [0.2, 0.25) is 0 Å². The van der Waals surface area contributed by atoms with Crippen LogP contribution in [-0.4, -0.2) is 12.4 Å². The van der Waals surface area contributed by atoms with Gasteiger partial charge in [0, 0.05) is 11.3 Å². The molecule has 0 aromatic heterocycles. The van der Waals surface area contributed by atoms with Crippen LogP contribution in [0.3, 0.4) is 0 Å². The molecule has 0 saturated heterocycles. The minimum absolute atomic E-state index is 0.0917. The summed E-state index contributed by atoms with van der Waals surface area (Å²) in [5.74, 6) is 0.571. The van der Waals surface area contributed by atoms with E-state index in [4.69, 9.17) is 10.5 Å². The van der Waals surface area contributed by atoms with Crippen molar-refractivity contribution in [3.8, 4) is 5.75 Å². The molecule has 0 fully saturated rings. The summed E-state index contributed by atoms with van der Waals surface area (Å²) < 4.78 is 5.79. The van der Waals surface area contributed by atoms with Crippen LogP contribution in [0, 0.1) is 13.8 Å². The van der Waals surface area contributed by atoms with Crippen molar-refractivity contribution >= 4 is 11.5 Å². The van der Waals surface area contributed by atoms with Crippen LogP contribution in [0.15, 0.2) is 36.4 Å². The number of carbonyl (C=O) groups excluding carboxylic acids is 1. The topological polar surface area (TPSA) is 52.3 Å². The predicted molar refractivity (Wildman–Crippen MR) is 86.0 cm³/mol. The Kier molecular flexibility index (Phi) is 4.63. The highest BCUT2D eigenvalue weighted by Crippen LogP contribution is 2.29. The molecule has 0 amide bonds. The second kappa shape index (κ2) is 6.44. The minimum atomic E-state index is -0.0917. The van der Waals surface area contributed by atoms with Crippen molar-refractivity contribution in [3.63, 3.8) is 0 Å². The van der Waals surface area contributed by atoms with E-state index in [2.05, 4.69) is 0 Å². The molecule has 2 N–H and O–H groups in total. The van der Waals surface area contributed by atoms with Crippen LogP contribution in [0.25, 0.3) is 0 Å². The highest BCUT2D eigenvalue weighted by atomic mass is 16.5. The van der Waals surface area contributed by atoms with Gasteiger partial charge in [-0.3, -0.25) is 4.79 Å². The molecular weight excluding hydrogens is 262 g/mol. The Morgan fingerprint density at radius 3 is 2.52 bits per heavy atom. The Hall–Kier alpha value is -2.29. The molecular formula is C18H21NO2. The first-order chi connectivity index (χ1) is 10.0. The normalized spacial score (nSPS) is 10.4. The quantitative estimate of drug-likeness (QED) is 0.668. The van der Waals surface area contributed by atoms with Gasteiger partial charge in [0.1, 0.15) is 5.75 Å². The van der Waals surface area contributed by atoms with Crippen molar-refractivity contribution in [2.45, 2.75) is 27.2 Å². The van der Waals surface area contributed by atoms with Gasteiger partial charge in [-0.25, -0.2) is 0 Å². The summed E-state index contributed by atoms with van der Waals surface area (Å²) in [7, 11) is 0. The number of anilines is 1. The minimum Gasteiger partial charge on any atom is -0.493 e. The number of aryl methyl sites for hydroxylation is 2. The van der Waals surface area contributed by atoms with Crippen LogP contribution in [-0.2, 0) is 0 Å². The number of para-hydroxylation sites is 1. The van der Waals surface area contributed by atoms with Crippen molar-refractivity contribution in [1.82, 2.24) is 0 Å². The average Bonchev–Trinajstić information content (AvgIpc) is 2.45. The van der Waals surface area contributed by atoms with Gasteiger partial charge in [0.2, 0.25) is 0 Å². The first-order valence-corrected chi connectivity index (χ1v) is 7.17. The standard InChI is InChI=1S/C18H21NO2/c1-4-9-21-18-13(3)10-12(2)11-15(18)17(20)14-7-5-6-8-16(14)19/h5-8,10-11H,4,9,19H2,1-3H3. The van der Waals surface area contributed by atoms with Crippen LogP contribution in [0.5, 0.6) is 5.75 Å². The third kappa shape index (κ3) is 3.24. The Morgan fingerprint density at radius 1 is 1.14 bits per heavy atom. The van der Waals surface area contributed by atoms with E-state index in [-0.39, 0.29) is 5.78 Å². The SMILES string of the molecule is CCCOc1c(C)cc(C)cc1C(=O)c1ccccc1N. The smallest absolute Gasteiger partial charge is 0.198 e. The Bertz CT molecular complexity index is 662. The highest BCUT2D eigenvalue weighted by molar-refractivity contribution is 6.13. The van der Waals surface area contributed by atoms with Crippen LogP contribution in [0.1, 0.15) is 40.4 Å². The van der Waals surface area contributed by atoms with Crippen LogP contribution >= 0.6 is 0 Å². The first-order valence-electron chi connectivity index (χ1n) is 7.17. The number of nitrogen functional groups attached to an aromatic ring is 1. The molecule has 3 nitrogen and oxygen atoms in total. The molecule has 0 aliphatic heterocycles. The zero-order chi connectivity index (χ0) is 15.4. The summed E-state index contributed by atoms with van der Waals surface area (Å²) >= 11 is 0. The summed E-state index contributed by atoms with van der Waals surface area (Å²) in [5.41, 5.74) is 9.52. The van der Waals surface area contributed by atoms with Gasteiger partial charge in [0.15, 0.2) is 5.78 Å². The van der Waals surface area contributed by atoms with E-state index in [0.717, 1.165) is 17.5 Å².